The molecule has 2 aliphatic rings. The molecule has 136 valence electrons. The van der Waals surface area contributed by atoms with Gasteiger partial charge in [-0.05, 0) is 55.5 Å². The average Bonchev–Trinajstić information content (AvgIpc) is 3.23. The van der Waals surface area contributed by atoms with Crippen molar-refractivity contribution in [1.82, 2.24) is 14.8 Å². The Morgan fingerprint density at radius 2 is 1.92 bits per heavy atom. The molecule has 1 spiro atoms. The first-order valence-corrected chi connectivity index (χ1v) is 9.19. The van der Waals surface area contributed by atoms with Gasteiger partial charge in [-0.1, -0.05) is 0 Å². The maximum absolute atomic E-state index is 13.1. The van der Waals surface area contributed by atoms with E-state index in [2.05, 4.69) is 4.98 Å². The molecule has 2 aromatic rings. The zero-order valence-electron chi connectivity index (χ0n) is 14.8. The van der Waals surface area contributed by atoms with E-state index in [1.165, 1.54) is 6.26 Å². The van der Waals surface area contributed by atoms with Crippen molar-refractivity contribution in [3.8, 4) is 0 Å². The van der Waals surface area contributed by atoms with Gasteiger partial charge in [-0.3, -0.25) is 14.6 Å². The van der Waals surface area contributed by atoms with Crippen molar-refractivity contribution in [2.45, 2.75) is 32.2 Å². The van der Waals surface area contributed by atoms with Crippen molar-refractivity contribution in [3.05, 3.63) is 54.2 Å². The summed E-state index contributed by atoms with van der Waals surface area (Å²) in [6.07, 6.45) is 8.33. The number of hydrogen-bond donors (Lipinski definition) is 0. The van der Waals surface area contributed by atoms with E-state index in [0.29, 0.717) is 25.4 Å². The van der Waals surface area contributed by atoms with Crippen molar-refractivity contribution in [1.29, 1.82) is 0 Å². The number of pyridine rings is 1. The molecule has 0 radical (unpaired) electrons. The van der Waals surface area contributed by atoms with Crippen LogP contribution in [0.4, 0.5) is 0 Å². The molecule has 2 aromatic heterocycles. The van der Waals surface area contributed by atoms with Gasteiger partial charge >= 0.3 is 0 Å². The smallest absolute Gasteiger partial charge is 0.289 e. The predicted octanol–water partition coefficient (Wildman–Crippen LogP) is 2.72. The van der Waals surface area contributed by atoms with Gasteiger partial charge in [0.1, 0.15) is 0 Å². The van der Waals surface area contributed by atoms with E-state index in [4.69, 9.17) is 4.42 Å². The summed E-state index contributed by atoms with van der Waals surface area (Å²) in [6.45, 7) is 2.71. The van der Waals surface area contributed by atoms with E-state index in [-0.39, 0.29) is 17.2 Å². The van der Waals surface area contributed by atoms with E-state index in [0.717, 1.165) is 37.8 Å². The van der Waals surface area contributed by atoms with Crippen LogP contribution in [0.1, 0.15) is 41.8 Å². The largest absolute Gasteiger partial charge is 0.459 e. The maximum Gasteiger partial charge on any atom is 0.289 e. The van der Waals surface area contributed by atoms with Gasteiger partial charge in [0.2, 0.25) is 5.91 Å². The molecule has 6 nitrogen and oxygen atoms in total. The minimum atomic E-state index is -0.314. The molecule has 0 N–H and O–H groups in total. The molecule has 0 aliphatic carbocycles. The lowest BCUT2D eigenvalue weighted by Gasteiger charge is -2.26. The van der Waals surface area contributed by atoms with Crippen LogP contribution in [0.25, 0.3) is 0 Å². The van der Waals surface area contributed by atoms with Gasteiger partial charge in [0.25, 0.3) is 5.91 Å². The van der Waals surface area contributed by atoms with Crippen LogP contribution in [0, 0.1) is 5.41 Å². The van der Waals surface area contributed by atoms with E-state index < -0.39 is 0 Å². The molecule has 2 fully saturated rings. The average molecular weight is 353 g/mol. The summed E-state index contributed by atoms with van der Waals surface area (Å²) in [7, 11) is 0. The Hall–Kier alpha value is -2.63. The number of furan rings is 1. The summed E-state index contributed by atoms with van der Waals surface area (Å²) >= 11 is 0. The van der Waals surface area contributed by atoms with Crippen LogP contribution in [0.15, 0.2) is 47.3 Å². The number of amides is 2. The monoisotopic (exact) mass is 353 g/mol. The fourth-order valence-electron chi connectivity index (χ4n) is 4.17. The second kappa shape index (κ2) is 6.94. The van der Waals surface area contributed by atoms with Crippen LogP contribution >= 0.6 is 0 Å². The lowest BCUT2D eigenvalue weighted by atomic mass is 9.79. The Morgan fingerprint density at radius 3 is 2.69 bits per heavy atom. The number of carbonyl (C=O) groups is 2. The molecule has 6 heteroatoms. The van der Waals surface area contributed by atoms with Crippen molar-refractivity contribution >= 4 is 11.8 Å². The Bertz CT molecular complexity index is 775. The molecule has 2 aliphatic heterocycles. The molecule has 0 bridgehead atoms. The number of rotatable bonds is 3. The topological polar surface area (TPSA) is 66.7 Å². The third kappa shape index (κ3) is 3.11. The Labute approximate surface area is 152 Å². The third-order valence-corrected chi connectivity index (χ3v) is 5.69. The number of aromatic nitrogens is 1. The Balaban J connectivity index is 1.43. The zero-order valence-corrected chi connectivity index (χ0v) is 14.8. The summed E-state index contributed by atoms with van der Waals surface area (Å²) in [6, 6.07) is 7.33. The third-order valence-electron chi connectivity index (χ3n) is 5.69. The van der Waals surface area contributed by atoms with Crippen molar-refractivity contribution in [3.63, 3.8) is 0 Å². The minimum Gasteiger partial charge on any atom is -0.459 e. The van der Waals surface area contributed by atoms with Gasteiger partial charge in [0.15, 0.2) is 5.76 Å². The van der Waals surface area contributed by atoms with Crippen LogP contribution in [-0.4, -0.2) is 46.2 Å². The van der Waals surface area contributed by atoms with E-state index >= 15 is 0 Å². The molecule has 4 rings (SSSR count). The van der Waals surface area contributed by atoms with Gasteiger partial charge in [-0.15, -0.1) is 0 Å². The van der Waals surface area contributed by atoms with Gasteiger partial charge in [-0.2, -0.15) is 0 Å². The molecule has 26 heavy (non-hydrogen) atoms. The van der Waals surface area contributed by atoms with Crippen LogP contribution in [0.2, 0.25) is 0 Å². The van der Waals surface area contributed by atoms with Gasteiger partial charge in [-0.25, -0.2) is 0 Å². The van der Waals surface area contributed by atoms with Gasteiger partial charge in [0, 0.05) is 38.6 Å². The van der Waals surface area contributed by atoms with E-state index in [1.807, 2.05) is 21.9 Å². The fourth-order valence-corrected chi connectivity index (χ4v) is 4.17. The molecule has 1 unspecified atom stereocenters. The fraction of sp³-hybridized carbons (Fsp3) is 0.450. The van der Waals surface area contributed by atoms with Crippen LogP contribution in [0.3, 0.4) is 0 Å². The normalized spacial score (nSPS) is 23.5. The van der Waals surface area contributed by atoms with Crippen LogP contribution in [-0.2, 0) is 11.3 Å². The molecule has 1 atom stereocenters. The quantitative estimate of drug-likeness (QED) is 0.851. The first kappa shape index (κ1) is 16.8. The zero-order chi connectivity index (χ0) is 18.0. The SMILES string of the molecule is O=C(c1ccco1)N1CCCC2(CC1)CCN(Cc1ccncc1)C2=O. The Morgan fingerprint density at radius 1 is 1.12 bits per heavy atom. The summed E-state index contributed by atoms with van der Waals surface area (Å²) in [5.74, 6) is 0.533. The molecule has 0 saturated carbocycles. The molecule has 2 amide bonds. The maximum atomic E-state index is 13.1. The molecular weight excluding hydrogens is 330 g/mol. The standard InChI is InChI=1S/C20H23N3O3/c24-18(17-3-1-14-26-17)22-11-2-6-20(7-12-22)8-13-23(19(20)25)15-16-4-9-21-10-5-16/h1,3-5,9-10,14H,2,6-8,11-13,15H2. The second-order valence-corrected chi connectivity index (χ2v) is 7.24. The molecule has 0 aromatic carbocycles. The van der Waals surface area contributed by atoms with Gasteiger partial charge in [0.05, 0.1) is 11.7 Å². The highest BCUT2D eigenvalue weighted by Crippen LogP contribution is 2.42. The van der Waals surface area contributed by atoms with Crippen molar-refractivity contribution < 1.29 is 14.0 Å². The summed E-state index contributed by atoms with van der Waals surface area (Å²) in [5.41, 5.74) is 0.791. The number of likely N-dealkylation sites (tertiary alicyclic amines) is 2. The summed E-state index contributed by atoms with van der Waals surface area (Å²) in [4.78, 5) is 33.5. The lowest BCUT2D eigenvalue weighted by molar-refractivity contribution is -0.137. The highest BCUT2D eigenvalue weighted by molar-refractivity contribution is 5.91. The second-order valence-electron chi connectivity index (χ2n) is 7.24. The van der Waals surface area contributed by atoms with Crippen LogP contribution in [0.5, 0.6) is 0 Å². The minimum absolute atomic E-state index is 0.0777. The summed E-state index contributed by atoms with van der Waals surface area (Å²) in [5, 5.41) is 0. The van der Waals surface area contributed by atoms with E-state index in [1.54, 1.807) is 24.5 Å². The Kier molecular flexibility index (Phi) is 4.49. The number of hydrogen-bond acceptors (Lipinski definition) is 4. The molecule has 4 heterocycles. The molecule has 2 saturated heterocycles. The number of carbonyl (C=O) groups excluding carboxylic acids is 2. The first-order chi connectivity index (χ1) is 12.7. The van der Waals surface area contributed by atoms with E-state index in [9.17, 15) is 9.59 Å². The van der Waals surface area contributed by atoms with Crippen LogP contribution < -0.4 is 0 Å². The highest BCUT2D eigenvalue weighted by Gasteiger charge is 2.47. The van der Waals surface area contributed by atoms with Crippen molar-refractivity contribution in [2.75, 3.05) is 19.6 Å². The van der Waals surface area contributed by atoms with Crippen molar-refractivity contribution in [2.24, 2.45) is 5.41 Å². The highest BCUT2D eigenvalue weighted by atomic mass is 16.3. The first-order valence-electron chi connectivity index (χ1n) is 9.19. The predicted molar refractivity (Wildman–Crippen MR) is 95.2 cm³/mol. The summed E-state index contributed by atoms with van der Waals surface area (Å²) < 4.78 is 5.24. The molecular formula is C20H23N3O3. The van der Waals surface area contributed by atoms with Gasteiger partial charge < -0.3 is 14.2 Å². The number of nitrogens with zero attached hydrogens (tertiary/aromatic N) is 3. The lowest BCUT2D eigenvalue weighted by Crippen LogP contribution is -2.36.